The molecule has 1 saturated heterocycles. The number of hydrogen-bond acceptors (Lipinski definition) is 1. The van der Waals surface area contributed by atoms with E-state index in [1.807, 2.05) is 20.8 Å². The third-order valence-corrected chi connectivity index (χ3v) is 1.79. The number of hydrogen-bond donors (Lipinski definition) is 0. The molecule has 0 aromatic carbocycles. The van der Waals surface area contributed by atoms with Crippen molar-refractivity contribution in [3.8, 4) is 0 Å². The van der Waals surface area contributed by atoms with E-state index in [0.29, 0.717) is 0 Å². The maximum absolute atomic E-state index is 12.3. The lowest BCUT2D eigenvalue weighted by atomic mass is 9.99. The van der Waals surface area contributed by atoms with Gasteiger partial charge < -0.3 is 0 Å². The summed E-state index contributed by atoms with van der Waals surface area (Å²) in [6.45, 7) is 5.69. The van der Waals surface area contributed by atoms with Crippen LogP contribution in [0.15, 0.2) is 0 Å². The molecule has 60 valence electrons. The summed E-state index contributed by atoms with van der Waals surface area (Å²) in [5.74, 6) is -2.42. The van der Waals surface area contributed by atoms with Crippen molar-refractivity contribution in [1.82, 2.24) is 4.90 Å². The van der Waals surface area contributed by atoms with Crippen LogP contribution in [0.2, 0.25) is 0 Å². The number of halogens is 2. The molecular formula is C7H13F2N. The zero-order valence-electron chi connectivity index (χ0n) is 6.62. The van der Waals surface area contributed by atoms with Gasteiger partial charge in [-0.1, -0.05) is 0 Å². The van der Waals surface area contributed by atoms with E-state index in [1.54, 1.807) is 4.90 Å². The highest BCUT2D eigenvalue weighted by molar-refractivity contribution is 4.93. The fourth-order valence-corrected chi connectivity index (χ4v) is 0.987. The smallest absolute Gasteiger partial charge is 0.272 e. The predicted molar refractivity (Wildman–Crippen MR) is 36.3 cm³/mol. The van der Waals surface area contributed by atoms with Crippen molar-refractivity contribution in [2.45, 2.75) is 32.2 Å². The van der Waals surface area contributed by atoms with Crippen LogP contribution < -0.4 is 0 Å². The summed E-state index contributed by atoms with van der Waals surface area (Å²) in [5, 5.41) is 0. The number of alkyl halides is 2. The number of rotatable bonds is 0. The molecule has 3 heteroatoms. The van der Waals surface area contributed by atoms with Gasteiger partial charge in [-0.3, -0.25) is 4.90 Å². The molecule has 0 aromatic heterocycles. The highest BCUT2D eigenvalue weighted by atomic mass is 19.3. The molecule has 1 heterocycles. The molecule has 0 spiro atoms. The second kappa shape index (κ2) is 1.91. The molecule has 10 heavy (non-hydrogen) atoms. The quantitative estimate of drug-likeness (QED) is 0.507. The Balaban J connectivity index is 2.40. The first-order valence-corrected chi connectivity index (χ1v) is 3.44. The third-order valence-electron chi connectivity index (χ3n) is 1.79. The van der Waals surface area contributed by atoms with Crippen molar-refractivity contribution in [2.75, 3.05) is 13.1 Å². The molecule has 1 aliphatic heterocycles. The Hall–Kier alpha value is -0.180. The molecule has 0 amide bonds. The van der Waals surface area contributed by atoms with Crippen LogP contribution in [0, 0.1) is 0 Å². The normalized spacial score (nSPS) is 26.1. The van der Waals surface area contributed by atoms with E-state index in [1.165, 1.54) is 0 Å². The van der Waals surface area contributed by atoms with Gasteiger partial charge in [-0.2, -0.15) is 0 Å². The summed E-state index contributed by atoms with van der Waals surface area (Å²) in [5.41, 5.74) is -0.0956. The third kappa shape index (κ3) is 1.45. The van der Waals surface area contributed by atoms with Gasteiger partial charge in [-0.15, -0.1) is 0 Å². The van der Waals surface area contributed by atoms with Gasteiger partial charge in [0.25, 0.3) is 5.92 Å². The van der Waals surface area contributed by atoms with Crippen LogP contribution in [0.5, 0.6) is 0 Å². The summed E-state index contributed by atoms with van der Waals surface area (Å²) in [6, 6.07) is 0. The summed E-state index contributed by atoms with van der Waals surface area (Å²) in [4.78, 5) is 1.77. The van der Waals surface area contributed by atoms with Gasteiger partial charge in [0, 0.05) is 5.54 Å². The second-order valence-electron chi connectivity index (χ2n) is 3.88. The molecule has 0 saturated carbocycles. The van der Waals surface area contributed by atoms with Crippen LogP contribution in [0.1, 0.15) is 20.8 Å². The van der Waals surface area contributed by atoms with E-state index in [0.717, 1.165) is 0 Å². The summed E-state index contributed by atoms with van der Waals surface area (Å²) >= 11 is 0. The highest BCUT2D eigenvalue weighted by Crippen LogP contribution is 2.32. The Labute approximate surface area is 60.0 Å². The van der Waals surface area contributed by atoms with Gasteiger partial charge in [0.1, 0.15) is 0 Å². The van der Waals surface area contributed by atoms with E-state index in [4.69, 9.17) is 0 Å². The van der Waals surface area contributed by atoms with E-state index < -0.39 is 5.92 Å². The number of likely N-dealkylation sites (tertiary alicyclic amines) is 1. The molecule has 0 radical (unpaired) electrons. The summed E-state index contributed by atoms with van der Waals surface area (Å²) < 4.78 is 24.6. The highest BCUT2D eigenvalue weighted by Gasteiger charge is 2.47. The molecule has 0 unspecified atom stereocenters. The minimum absolute atomic E-state index is 0.0729. The average Bonchev–Trinajstić information content (AvgIpc) is 1.56. The lowest BCUT2D eigenvalue weighted by Crippen LogP contribution is -2.62. The molecule has 1 nitrogen and oxygen atoms in total. The van der Waals surface area contributed by atoms with Gasteiger partial charge in [-0.25, -0.2) is 8.78 Å². The molecule has 1 rings (SSSR count). The van der Waals surface area contributed by atoms with Gasteiger partial charge >= 0.3 is 0 Å². The van der Waals surface area contributed by atoms with Crippen LogP contribution in [-0.2, 0) is 0 Å². The standard InChI is InChI=1S/C7H13F2N/c1-6(2,3)10-4-7(8,9)5-10/h4-5H2,1-3H3. The first kappa shape index (κ1) is 7.92. The maximum atomic E-state index is 12.3. The Morgan fingerprint density at radius 3 is 1.70 bits per heavy atom. The molecule has 1 aliphatic rings. The van der Waals surface area contributed by atoms with Crippen LogP contribution in [0.25, 0.3) is 0 Å². The van der Waals surface area contributed by atoms with Crippen molar-refractivity contribution < 1.29 is 8.78 Å². The first-order chi connectivity index (χ1) is 4.31. The summed E-state index contributed by atoms with van der Waals surface area (Å²) in [7, 11) is 0. The van der Waals surface area contributed by atoms with Crippen molar-refractivity contribution in [1.29, 1.82) is 0 Å². The molecule has 0 atom stereocenters. The van der Waals surface area contributed by atoms with Crippen molar-refractivity contribution in [3.05, 3.63) is 0 Å². The van der Waals surface area contributed by atoms with E-state index in [-0.39, 0.29) is 18.6 Å². The molecule has 0 aliphatic carbocycles. The first-order valence-electron chi connectivity index (χ1n) is 3.44. The van der Waals surface area contributed by atoms with E-state index in [2.05, 4.69) is 0 Å². The Morgan fingerprint density at radius 1 is 1.20 bits per heavy atom. The topological polar surface area (TPSA) is 3.24 Å². The summed E-state index contributed by atoms with van der Waals surface area (Å²) in [6.07, 6.45) is 0. The second-order valence-corrected chi connectivity index (χ2v) is 3.88. The molecule has 0 bridgehead atoms. The minimum atomic E-state index is -2.42. The lowest BCUT2D eigenvalue weighted by molar-refractivity contribution is -0.160. The van der Waals surface area contributed by atoms with Crippen LogP contribution >= 0.6 is 0 Å². The minimum Gasteiger partial charge on any atom is -0.286 e. The van der Waals surface area contributed by atoms with Crippen molar-refractivity contribution in [3.63, 3.8) is 0 Å². The SMILES string of the molecule is CC(C)(C)N1CC(F)(F)C1. The fraction of sp³-hybridized carbons (Fsp3) is 1.00. The largest absolute Gasteiger partial charge is 0.286 e. The van der Waals surface area contributed by atoms with Gasteiger partial charge in [0.15, 0.2) is 0 Å². The average molecular weight is 149 g/mol. The van der Waals surface area contributed by atoms with Crippen LogP contribution in [0.4, 0.5) is 8.78 Å². The van der Waals surface area contributed by atoms with Crippen molar-refractivity contribution in [2.24, 2.45) is 0 Å². The number of nitrogens with zero attached hydrogens (tertiary/aromatic N) is 1. The van der Waals surface area contributed by atoms with Gasteiger partial charge in [0.05, 0.1) is 13.1 Å². The molecule has 0 N–H and O–H groups in total. The maximum Gasteiger partial charge on any atom is 0.272 e. The molecular weight excluding hydrogens is 136 g/mol. The Morgan fingerprint density at radius 2 is 1.60 bits per heavy atom. The Kier molecular flexibility index (Phi) is 1.51. The Bertz CT molecular complexity index is 129. The van der Waals surface area contributed by atoms with E-state index in [9.17, 15) is 8.78 Å². The van der Waals surface area contributed by atoms with Crippen LogP contribution in [0.3, 0.4) is 0 Å². The zero-order chi connectivity index (χ0) is 7.99. The van der Waals surface area contributed by atoms with E-state index >= 15 is 0 Å². The van der Waals surface area contributed by atoms with Gasteiger partial charge in [-0.05, 0) is 20.8 Å². The predicted octanol–water partition coefficient (Wildman–Crippen LogP) is 1.74. The zero-order valence-corrected chi connectivity index (χ0v) is 6.62. The fourth-order valence-electron chi connectivity index (χ4n) is 0.987. The van der Waals surface area contributed by atoms with Gasteiger partial charge in [0.2, 0.25) is 0 Å². The lowest BCUT2D eigenvalue weighted by Gasteiger charge is -2.47. The van der Waals surface area contributed by atoms with Crippen LogP contribution in [-0.4, -0.2) is 29.5 Å². The molecule has 0 aromatic rings. The van der Waals surface area contributed by atoms with Crippen molar-refractivity contribution >= 4 is 0 Å². The molecule has 1 fully saturated rings. The monoisotopic (exact) mass is 149 g/mol.